The van der Waals surface area contributed by atoms with Gasteiger partial charge in [-0.3, -0.25) is 14.9 Å². The summed E-state index contributed by atoms with van der Waals surface area (Å²) in [5.74, 6) is 0.806. The molecule has 0 atom stereocenters. The summed E-state index contributed by atoms with van der Waals surface area (Å²) >= 11 is 0. The summed E-state index contributed by atoms with van der Waals surface area (Å²) in [7, 11) is 3.10. The first-order valence-corrected chi connectivity index (χ1v) is 7.73. The van der Waals surface area contributed by atoms with Gasteiger partial charge in [0.15, 0.2) is 0 Å². The number of benzene rings is 2. The Kier molecular flexibility index (Phi) is 6.26. The second-order valence-corrected chi connectivity index (χ2v) is 5.37. The Hall–Kier alpha value is -3.42. The lowest BCUT2D eigenvalue weighted by molar-refractivity contribution is -0.385. The molecule has 1 N–H and O–H groups in total. The van der Waals surface area contributed by atoms with Gasteiger partial charge in [-0.1, -0.05) is 18.2 Å². The zero-order chi connectivity index (χ0) is 19.1. The van der Waals surface area contributed by atoms with Crippen LogP contribution >= 0.6 is 0 Å². The van der Waals surface area contributed by atoms with Crippen molar-refractivity contribution < 1.29 is 19.2 Å². The Bertz CT molecular complexity index is 849. The maximum atomic E-state index is 12.0. The van der Waals surface area contributed by atoms with E-state index in [9.17, 15) is 14.9 Å². The molecule has 0 aliphatic rings. The number of ether oxygens (including phenoxy) is 2. The summed E-state index contributed by atoms with van der Waals surface area (Å²) < 4.78 is 10.6. The van der Waals surface area contributed by atoms with Gasteiger partial charge >= 0.3 is 0 Å². The standard InChI is InChI=1S/C18H19N3O5/c1-12-16(25-2)9-8-14(18(12)26-3)11-19-20-17(22)10-13-6-4-5-7-15(13)21(23)24/h4-9,11H,10H2,1-3H3,(H,20,22). The number of hydrogen-bond acceptors (Lipinski definition) is 6. The number of para-hydroxylation sites is 1. The fraction of sp³-hybridized carbons (Fsp3) is 0.222. The SMILES string of the molecule is COc1ccc(C=NNC(=O)Cc2ccccc2[N+](=O)[O-])c(OC)c1C. The van der Waals surface area contributed by atoms with E-state index in [0.29, 0.717) is 22.6 Å². The number of nitro groups is 1. The van der Waals surface area contributed by atoms with Crippen LogP contribution in [0.25, 0.3) is 0 Å². The first-order valence-electron chi connectivity index (χ1n) is 7.73. The molecule has 0 aliphatic carbocycles. The van der Waals surface area contributed by atoms with E-state index < -0.39 is 10.8 Å². The van der Waals surface area contributed by atoms with Crippen LogP contribution in [0.4, 0.5) is 5.69 Å². The van der Waals surface area contributed by atoms with Crippen LogP contribution in [0.3, 0.4) is 0 Å². The van der Waals surface area contributed by atoms with Crippen molar-refractivity contribution in [1.29, 1.82) is 0 Å². The molecule has 136 valence electrons. The molecule has 0 aliphatic heterocycles. The Morgan fingerprint density at radius 3 is 2.62 bits per heavy atom. The number of carbonyl (C=O) groups excluding carboxylic acids is 1. The minimum Gasteiger partial charge on any atom is -0.496 e. The van der Waals surface area contributed by atoms with Gasteiger partial charge in [-0.05, 0) is 19.1 Å². The maximum absolute atomic E-state index is 12.0. The lowest BCUT2D eigenvalue weighted by atomic mass is 10.1. The van der Waals surface area contributed by atoms with Gasteiger partial charge < -0.3 is 9.47 Å². The lowest BCUT2D eigenvalue weighted by Crippen LogP contribution is -2.20. The highest BCUT2D eigenvalue weighted by molar-refractivity contribution is 5.87. The Balaban J connectivity index is 2.08. The minimum absolute atomic E-state index is 0.0981. The van der Waals surface area contributed by atoms with E-state index in [4.69, 9.17) is 9.47 Å². The topological polar surface area (TPSA) is 103 Å². The molecule has 0 saturated heterocycles. The number of amides is 1. The number of hydrazone groups is 1. The first kappa shape index (κ1) is 18.9. The van der Waals surface area contributed by atoms with Crippen LogP contribution in [0.2, 0.25) is 0 Å². The summed E-state index contributed by atoms with van der Waals surface area (Å²) in [4.78, 5) is 22.5. The third kappa shape index (κ3) is 4.35. The number of hydrogen-bond donors (Lipinski definition) is 1. The molecule has 8 nitrogen and oxygen atoms in total. The number of carbonyl (C=O) groups is 1. The van der Waals surface area contributed by atoms with E-state index in [-0.39, 0.29) is 12.1 Å². The molecule has 0 bridgehead atoms. The third-order valence-corrected chi connectivity index (χ3v) is 3.74. The van der Waals surface area contributed by atoms with Crippen LogP contribution in [0.5, 0.6) is 11.5 Å². The normalized spacial score (nSPS) is 10.6. The fourth-order valence-electron chi connectivity index (χ4n) is 2.51. The van der Waals surface area contributed by atoms with Crippen LogP contribution in [0.15, 0.2) is 41.5 Å². The largest absolute Gasteiger partial charge is 0.496 e. The van der Waals surface area contributed by atoms with E-state index in [1.54, 1.807) is 31.4 Å². The highest BCUT2D eigenvalue weighted by Crippen LogP contribution is 2.30. The van der Waals surface area contributed by atoms with Gasteiger partial charge in [0.2, 0.25) is 5.91 Å². The summed E-state index contributed by atoms with van der Waals surface area (Å²) in [6, 6.07) is 9.62. The Morgan fingerprint density at radius 1 is 1.23 bits per heavy atom. The zero-order valence-electron chi connectivity index (χ0n) is 14.7. The maximum Gasteiger partial charge on any atom is 0.273 e. The van der Waals surface area contributed by atoms with Gasteiger partial charge in [0.25, 0.3) is 5.69 Å². The summed E-state index contributed by atoms with van der Waals surface area (Å²) in [5.41, 5.74) is 4.06. The average molecular weight is 357 g/mol. The molecular weight excluding hydrogens is 338 g/mol. The zero-order valence-corrected chi connectivity index (χ0v) is 14.7. The van der Waals surface area contributed by atoms with Crippen LogP contribution in [0, 0.1) is 17.0 Å². The summed E-state index contributed by atoms with van der Waals surface area (Å²) in [6.45, 7) is 1.85. The van der Waals surface area contributed by atoms with Crippen LogP contribution in [-0.2, 0) is 11.2 Å². The van der Waals surface area contributed by atoms with Crippen molar-refractivity contribution in [2.45, 2.75) is 13.3 Å². The molecule has 1 amide bonds. The molecule has 0 radical (unpaired) electrons. The molecular formula is C18H19N3O5. The monoisotopic (exact) mass is 357 g/mol. The molecule has 0 saturated carbocycles. The molecule has 26 heavy (non-hydrogen) atoms. The van der Waals surface area contributed by atoms with Crippen LogP contribution < -0.4 is 14.9 Å². The molecule has 2 rings (SSSR count). The van der Waals surface area contributed by atoms with E-state index in [1.165, 1.54) is 25.5 Å². The fourth-order valence-corrected chi connectivity index (χ4v) is 2.51. The molecule has 0 spiro atoms. The van der Waals surface area contributed by atoms with E-state index in [0.717, 1.165) is 5.56 Å². The van der Waals surface area contributed by atoms with Crippen molar-refractivity contribution in [3.05, 3.63) is 63.2 Å². The van der Waals surface area contributed by atoms with E-state index in [1.807, 2.05) is 6.92 Å². The number of nitrogens with one attached hydrogen (secondary N) is 1. The number of rotatable bonds is 7. The smallest absolute Gasteiger partial charge is 0.273 e. The van der Waals surface area contributed by atoms with Crippen LogP contribution in [0.1, 0.15) is 16.7 Å². The number of nitrogens with zero attached hydrogens (tertiary/aromatic N) is 2. The van der Waals surface area contributed by atoms with Gasteiger partial charge in [0.05, 0.1) is 31.8 Å². The van der Waals surface area contributed by atoms with Crippen LogP contribution in [-0.4, -0.2) is 31.3 Å². The van der Waals surface area contributed by atoms with Crippen molar-refractivity contribution in [1.82, 2.24) is 5.43 Å². The predicted octanol–water partition coefficient (Wildman–Crippen LogP) is 2.61. The first-order chi connectivity index (χ1) is 12.5. The van der Waals surface area contributed by atoms with Crippen molar-refractivity contribution in [3.8, 4) is 11.5 Å². The van der Waals surface area contributed by atoms with Gasteiger partial charge in [0.1, 0.15) is 11.5 Å². The second-order valence-electron chi connectivity index (χ2n) is 5.37. The van der Waals surface area contributed by atoms with E-state index in [2.05, 4.69) is 10.5 Å². The molecule has 0 unspecified atom stereocenters. The summed E-state index contributed by atoms with van der Waals surface area (Å²) in [5, 5.41) is 14.9. The highest BCUT2D eigenvalue weighted by atomic mass is 16.6. The third-order valence-electron chi connectivity index (χ3n) is 3.74. The van der Waals surface area contributed by atoms with Gasteiger partial charge in [-0.2, -0.15) is 5.10 Å². The van der Waals surface area contributed by atoms with Crippen molar-refractivity contribution in [2.75, 3.05) is 14.2 Å². The molecule has 0 heterocycles. The van der Waals surface area contributed by atoms with Crippen molar-refractivity contribution >= 4 is 17.8 Å². The Morgan fingerprint density at radius 2 is 1.96 bits per heavy atom. The van der Waals surface area contributed by atoms with E-state index >= 15 is 0 Å². The van der Waals surface area contributed by atoms with Gasteiger partial charge in [-0.15, -0.1) is 0 Å². The minimum atomic E-state index is -0.517. The molecule has 8 heteroatoms. The Labute approximate surface area is 150 Å². The lowest BCUT2D eigenvalue weighted by Gasteiger charge is -2.11. The molecule has 0 aromatic heterocycles. The van der Waals surface area contributed by atoms with Gasteiger partial charge in [-0.25, -0.2) is 5.43 Å². The molecule has 2 aromatic rings. The van der Waals surface area contributed by atoms with Crippen molar-refractivity contribution in [3.63, 3.8) is 0 Å². The number of methoxy groups -OCH3 is 2. The predicted molar refractivity (Wildman–Crippen MR) is 96.8 cm³/mol. The highest BCUT2D eigenvalue weighted by Gasteiger charge is 2.15. The molecule has 0 fully saturated rings. The average Bonchev–Trinajstić information content (AvgIpc) is 2.62. The van der Waals surface area contributed by atoms with Crippen molar-refractivity contribution in [2.24, 2.45) is 5.10 Å². The number of nitro benzene ring substituents is 1. The van der Waals surface area contributed by atoms with Gasteiger partial charge in [0, 0.05) is 22.8 Å². The molecule has 2 aromatic carbocycles. The quantitative estimate of drug-likeness (QED) is 0.466. The summed E-state index contributed by atoms with van der Waals surface area (Å²) in [6.07, 6.45) is 1.30. The second kappa shape index (κ2) is 8.61.